The van der Waals surface area contributed by atoms with Crippen molar-refractivity contribution in [2.45, 2.75) is 26.3 Å². The standard InChI is InChI=1S/C12H18ClN5O/c1-3-14-12-15-6-10(13)11(17-12)18-5-4-9(7-18)16-8(2)19/h6,9H,3-5,7H2,1-2H3,(H,16,19)(H,14,15,17). The van der Waals surface area contributed by atoms with E-state index in [9.17, 15) is 4.79 Å². The first-order valence-electron chi connectivity index (χ1n) is 6.38. The molecule has 7 heteroatoms. The molecule has 1 fully saturated rings. The normalized spacial score (nSPS) is 18.5. The van der Waals surface area contributed by atoms with E-state index in [1.807, 2.05) is 6.92 Å². The molecular formula is C12H18ClN5O. The minimum Gasteiger partial charge on any atom is -0.354 e. The Hall–Kier alpha value is -1.56. The minimum absolute atomic E-state index is 0.00558. The first-order chi connectivity index (χ1) is 9.10. The van der Waals surface area contributed by atoms with Crippen molar-refractivity contribution in [3.05, 3.63) is 11.2 Å². The molecule has 1 aliphatic rings. The van der Waals surface area contributed by atoms with E-state index in [0.717, 1.165) is 31.9 Å². The Morgan fingerprint density at radius 3 is 3.11 bits per heavy atom. The highest BCUT2D eigenvalue weighted by molar-refractivity contribution is 6.32. The Morgan fingerprint density at radius 2 is 2.42 bits per heavy atom. The summed E-state index contributed by atoms with van der Waals surface area (Å²) in [5.74, 6) is 1.29. The van der Waals surface area contributed by atoms with Gasteiger partial charge in [0.15, 0.2) is 5.82 Å². The summed E-state index contributed by atoms with van der Waals surface area (Å²) in [4.78, 5) is 21.7. The van der Waals surface area contributed by atoms with Crippen LogP contribution in [0.1, 0.15) is 20.3 Å². The molecule has 0 aromatic carbocycles. The number of amides is 1. The van der Waals surface area contributed by atoms with E-state index in [-0.39, 0.29) is 11.9 Å². The predicted octanol–water partition coefficient (Wildman–Crippen LogP) is 1.28. The maximum absolute atomic E-state index is 11.1. The van der Waals surface area contributed by atoms with Crippen LogP contribution in [-0.2, 0) is 4.79 Å². The van der Waals surface area contributed by atoms with Crippen molar-refractivity contribution in [1.82, 2.24) is 15.3 Å². The third-order valence-corrected chi connectivity index (χ3v) is 3.22. The Balaban J connectivity index is 2.09. The fourth-order valence-corrected chi connectivity index (χ4v) is 2.39. The second kappa shape index (κ2) is 6.06. The first kappa shape index (κ1) is 13.9. The van der Waals surface area contributed by atoms with E-state index in [2.05, 4.69) is 25.5 Å². The molecule has 0 radical (unpaired) electrons. The first-order valence-corrected chi connectivity index (χ1v) is 6.76. The van der Waals surface area contributed by atoms with Crippen molar-refractivity contribution in [2.24, 2.45) is 0 Å². The van der Waals surface area contributed by atoms with E-state index in [0.29, 0.717) is 11.0 Å². The van der Waals surface area contributed by atoms with Gasteiger partial charge in [-0.2, -0.15) is 4.98 Å². The van der Waals surface area contributed by atoms with Gasteiger partial charge in [-0.1, -0.05) is 11.6 Å². The molecule has 0 spiro atoms. The van der Waals surface area contributed by atoms with Crippen LogP contribution in [0.25, 0.3) is 0 Å². The molecule has 1 atom stereocenters. The monoisotopic (exact) mass is 283 g/mol. The number of halogens is 1. The molecule has 1 aromatic rings. The van der Waals surface area contributed by atoms with Gasteiger partial charge in [0.1, 0.15) is 5.02 Å². The molecule has 1 aromatic heterocycles. The summed E-state index contributed by atoms with van der Waals surface area (Å²) in [6, 6.07) is 0.158. The summed E-state index contributed by atoms with van der Waals surface area (Å²) in [5, 5.41) is 6.52. The fourth-order valence-electron chi connectivity index (χ4n) is 2.18. The molecule has 1 amide bonds. The lowest BCUT2D eigenvalue weighted by atomic mass is 10.3. The maximum Gasteiger partial charge on any atom is 0.224 e. The molecule has 6 nitrogen and oxygen atoms in total. The van der Waals surface area contributed by atoms with Gasteiger partial charge in [0.2, 0.25) is 11.9 Å². The Bertz CT molecular complexity index is 467. The predicted molar refractivity (Wildman–Crippen MR) is 75.6 cm³/mol. The zero-order valence-corrected chi connectivity index (χ0v) is 11.9. The molecule has 1 saturated heterocycles. The molecule has 104 valence electrons. The van der Waals surface area contributed by atoms with Gasteiger partial charge in [0.25, 0.3) is 0 Å². The van der Waals surface area contributed by atoms with Gasteiger partial charge >= 0.3 is 0 Å². The summed E-state index contributed by atoms with van der Waals surface area (Å²) in [7, 11) is 0. The van der Waals surface area contributed by atoms with Crippen LogP contribution in [-0.4, -0.2) is 41.6 Å². The number of hydrogen-bond acceptors (Lipinski definition) is 5. The highest BCUT2D eigenvalue weighted by Gasteiger charge is 2.25. The highest BCUT2D eigenvalue weighted by atomic mass is 35.5. The molecule has 1 unspecified atom stereocenters. The number of carbonyl (C=O) groups excluding carboxylic acids is 1. The Kier molecular flexibility index (Phi) is 4.42. The van der Waals surface area contributed by atoms with Crippen molar-refractivity contribution in [3.8, 4) is 0 Å². The van der Waals surface area contributed by atoms with Crippen LogP contribution in [0.15, 0.2) is 6.20 Å². The fraction of sp³-hybridized carbons (Fsp3) is 0.583. The van der Waals surface area contributed by atoms with E-state index < -0.39 is 0 Å². The van der Waals surface area contributed by atoms with Crippen LogP contribution < -0.4 is 15.5 Å². The van der Waals surface area contributed by atoms with Gasteiger partial charge in [0, 0.05) is 32.6 Å². The summed E-state index contributed by atoms with van der Waals surface area (Å²) < 4.78 is 0. The van der Waals surface area contributed by atoms with Crippen LogP contribution >= 0.6 is 11.6 Å². The van der Waals surface area contributed by atoms with Crippen LogP contribution in [0.2, 0.25) is 5.02 Å². The third kappa shape index (κ3) is 3.47. The van der Waals surface area contributed by atoms with Gasteiger partial charge in [-0.25, -0.2) is 4.98 Å². The largest absolute Gasteiger partial charge is 0.354 e. The molecule has 19 heavy (non-hydrogen) atoms. The van der Waals surface area contributed by atoms with E-state index in [4.69, 9.17) is 11.6 Å². The summed E-state index contributed by atoms with van der Waals surface area (Å²) in [6.07, 6.45) is 2.50. The Morgan fingerprint density at radius 1 is 1.63 bits per heavy atom. The number of hydrogen-bond donors (Lipinski definition) is 2. The van der Waals surface area contributed by atoms with Crippen LogP contribution in [0.5, 0.6) is 0 Å². The smallest absolute Gasteiger partial charge is 0.224 e. The van der Waals surface area contributed by atoms with E-state index in [1.54, 1.807) is 6.20 Å². The number of carbonyl (C=O) groups is 1. The van der Waals surface area contributed by atoms with E-state index in [1.165, 1.54) is 6.92 Å². The Labute approximate surface area is 117 Å². The number of nitrogens with zero attached hydrogens (tertiary/aromatic N) is 3. The topological polar surface area (TPSA) is 70.2 Å². The van der Waals surface area contributed by atoms with E-state index >= 15 is 0 Å². The lowest BCUT2D eigenvalue weighted by Gasteiger charge is -2.19. The average molecular weight is 284 g/mol. The number of rotatable bonds is 4. The second-order valence-corrected chi connectivity index (χ2v) is 4.93. The molecule has 0 aliphatic carbocycles. The lowest BCUT2D eigenvalue weighted by molar-refractivity contribution is -0.119. The molecule has 2 rings (SSSR count). The number of anilines is 2. The van der Waals surface area contributed by atoms with Gasteiger partial charge in [-0.3, -0.25) is 4.79 Å². The van der Waals surface area contributed by atoms with Gasteiger partial charge in [-0.15, -0.1) is 0 Å². The molecule has 0 bridgehead atoms. The van der Waals surface area contributed by atoms with Crippen molar-refractivity contribution in [3.63, 3.8) is 0 Å². The zero-order valence-electron chi connectivity index (χ0n) is 11.1. The van der Waals surface area contributed by atoms with Crippen molar-refractivity contribution in [1.29, 1.82) is 0 Å². The maximum atomic E-state index is 11.1. The SMILES string of the molecule is CCNc1ncc(Cl)c(N2CCC(NC(C)=O)C2)n1. The molecular weight excluding hydrogens is 266 g/mol. The third-order valence-electron chi connectivity index (χ3n) is 2.96. The summed E-state index contributed by atoms with van der Waals surface area (Å²) in [6.45, 7) is 5.83. The van der Waals surface area contributed by atoms with Crippen LogP contribution in [0.3, 0.4) is 0 Å². The average Bonchev–Trinajstić information content (AvgIpc) is 2.79. The molecule has 2 N–H and O–H groups in total. The molecule has 0 saturated carbocycles. The highest BCUT2D eigenvalue weighted by Crippen LogP contribution is 2.26. The molecule has 2 heterocycles. The quantitative estimate of drug-likeness (QED) is 0.871. The number of aromatic nitrogens is 2. The van der Waals surface area contributed by atoms with Crippen molar-refractivity contribution >= 4 is 29.3 Å². The van der Waals surface area contributed by atoms with Crippen molar-refractivity contribution in [2.75, 3.05) is 29.9 Å². The zero-order chi connectivity index (χ0) is 13.8. The van der Waals surface area contributed by atoms with Crippen LogP contribution in [0.4, 0.5) is 11.8 Å². The minimum atomic E-state index is -0.00558. The summed E-state index contributed by atoms with van der Waals surface area (Å²) >= 11 is 6.15. The van der Waals surface area contributed by atoms with Gasteiger partial charge < -0.3 is 15.5 Å². The van der Waals surface area contributed by atoms with Gasteiger partial charge in [0.05, 0.1) is 6.20 Å². The van der Waals surface area contributed by atoms with Crippen LogP contribution in [0, 0.1) is 0 Å². The lowest BCUT2D eigenvalue weighted by Crippen LogP contribution is -2.35. The number of nitrogens with one attached hydrogen (secondary N) is 2. The molecule has 1 aliphatic heterocycles. The second-order valence-electron chi connectivity index (χ2n) is 4.53. The van der Waals surface area contributed by atoms with Gasteiger partial charge in [-0.05, 0) is 13.3 Å². The summed E-state index contributed by atoms with van der Waals surface area (Å²) in [5.41, 5.74) is 0. The van der Waals surface area contributed by atoms with Crippen molar-refractivity contribution < 1.29 is 4.79 Å².